The number of aromatic nitrogens is 1. The van der Waals surface area contributed by atoms with Gasteiger partial charge in [0.25, 0.3) is 0 Å². The smallest absolute Gasteiger partial charge is 0.234 e. The van der Waals surface area contributed by atoms with Gasteiger partial charge in [0.15, 0.2) is 0 Å². The lowest BCUT2D eigenvalue weighted by Gasteiger charge is -2.27. The van der Waals surface area contributed by atoms with Gasteiger partial charge in [-0.2, -0.15) is 0 Å². The van der Waals surface area contributed by atoms with Gasteiger partial charge in [0, 0.05) is 25.5 Å². The average molecular weight is 311 g/mol. The second-order valence-electron chi connectivity index (χ2n) is 5.58. The molecule has 0 spiro atoms. The molecule has 0 radical (unpaired) electrons. The third-order valence-corrected chi connectivity index (χ3v) is 3.95. The molecule has 1 aliphatic rings. The van der Waals surface area contributed by atoms with Crippen molar-refractivity contribution in [1.82, 2.24) is 15.2 Å². The Balaban J connectivity index is 1.72. The highest BCUT2D eigenvalue weighted by Gasteiger charge is 2.19. The summed E-state index contributed by atoms with van der Waals surface area (Å²) in [7, 11) is 0. The Morgan fingerprint density at radius 3 is 2.43 bits per heavy atom. The van der Waals surface area contributed by atoms with Crippen molar-refractivity contribution in [3.8, 4) is 0 Å². The zero-order valence-electron chi connectivity index (χ0n) is 13.0. The number of rotatable bonds is 5. The van der Waals surface area contributed by atoms with Crippen molar-refractivity contribution in [2.24, 2.45) is 0 Å². The maximum absolute atomic E-state index is 12.5. The summed E-state index contributed by atoms with van der Waals surface area (Å²) >= 11 is 0. The fourth-order valence-electron chi connectivity index (χ4n) is 2.73. The van der Waals surface area contributed by atoms with Gasteiger partial charge in [0.1, 0.15) is 0 Å². The van der Waals surface area contributed by atoms with Gasteiger partial charge in [-0.25, -0.2) is 0 Å². The van der Waals surface area contributed by atoms with Gasteiger partial charge < -0.3 is 10.1 Å². The highest BCUT2D eigenvalue weighted by molar-refractivity contribution is 5.79. The van der Waals surface area contributed by atoms with E-state index in [1.54, 1.807) is 12.4 Å². The van der Waals surface area contributed by atoms with Crippen LogP contribution in [0.25, 0.3) is 0 Å². The van der Waals surface area contributed by atoms with Crippen LogP contribution in [0.1, 0.15) is 17.2 Å². The minimum absolute atomic E-state index is 0.0255. The van der Waals surface area contributed by atoms with Crippen molar-refractivity contribution >= 4 is 5.91 Å². The Labute approximate surface area is 136 Å². The van der Waals surface area contributed by atoms with E-state index in [0.29, 0.717) is 19.8 Å². The summed E-state index contributed by atoms with van der Waals surface area (Å²) in [4.78, 5) is 18.6. The lowest BCUT2D eigenvalue weighted by molar-refractivity contribution is -0.123. The van der Waals surface area contributed by atoms with Crippen molar-refractivity contribution in [3.05, 3.63) is 66.0 Å². The lowest BCUT2D eigenvalue weighted by Crippen LogP contribution is -2.44. The van der Waals surface area contributed by atoms with Crippen LogP contribution in [0.2, 0.25) is 0 Å². The molecule has 0 saturated carbocycles. The zero-order valence-corrected chi connectivity index (χ0v) is 13.0. The lowest BCUT2D eigenvalue weighted by atomic mass is 9.99. The summed E-state index contributed by atoms with van der Waals surface area (Å²) in [5.41, 5.74) is 2.09. The minimum atomic E-state index is -0.159. The van der Waals surface area contributed by atoms with Gasteiger partial charge in [-0.3, -0.25) is 14.7 Å². The molecular weight excluding hydrogens is 290 g/mol. The Morgan fingerprint density at radius 2 is 1.74 bits per heavy atom. The molecule has 23 heavy (non-hydrogen) atoms. The Bertz CT molecular complexity index is 573. The van der Waals surface area contributed by atoms with Gasteiger partial charge in [-0.1, -0.05) is 30.3 Å². The van der Waals surface area contributed by atoms with Crippen LogP contribution in [0.3, 0.4) is 0 Å². The predicted octanol–water partition coefficient (Wildman–Crippen LogP) is 1.62. The summed E-state index contributed by atoms with van der Waals surface area (Å²) in [6.45, 7) is 3.40. The van der Waals surface area contributed by atoms with Crippen LogP contribution in [0.5, 0.6) is 0 Å². The molecule has 1 aliphatic heterocycles. The van der Waals surface area contributed by atoms with E-state index in [0.717, 1.165) is 24.2 Å². The largest absolute Gasteiger partial charge is 0.379 e. The van der Waals surface area contributed by atoms with E-state index in [2.05, 4.69) is 15.2 Å². The first kappa shape index (κ1) is 15.6. The summed E-state index contributed by atoms with van der Waals surface area (Å²) in [5.74, 6) is 0.0255. The van der Waals surface area contributed by atoms with Crippen LogP contribution in [0.15, 0.2) is 54.9 Å². The molecule has 3 rings (SSSR count). The van der Waals surface area contributed by atoms with E-state index in [9.17, 15) is 4.79 Å². The molecule has 2 aromatic rings. The van der Waals surface area contributed by atoms with Crippen LogP contribution >= 0.6 is 0 Å². The zero-order chi connectivity index (χ0) is 15.9. The molecular formula is C18H21N3O2. The van der Waals surface area contributed by atoms with Crippen molar-refractivity contribution in [2.45, 2.75) is 6.04 Å². The van der Waals surface area contributed by atoms with Gasteiger partial charge in [-0.15, -0.1) is 0 Å². The van der Waals surface area contributed by atoms with Gasteiger partial charge in [-0.05, 0) is 23.3 Å². The highest BCUT2D eigenvalue weighted by Crippen LogP contribution is 2.21. The van der Waals surface area contributed by atoms with Crippen LogP contribution in [0.4, 0.5) is 0 Å². The number of amides is 1. The molecule has 1 aromatic heterocycles. The topological polar surface area (TPSA) is 54.5 Å². The Hall–Kier alpha value is -2.24. The molecule has 1 amide bonds. The van der Waals surface area contributed by atoms with Crippen molar-refractivity contribution in [2.75, 3.05) is 32.8 Å². The van der Waals surface area contributed by atoms with Crippen molar-refractivity contribution in [3.63, 3.8) is 0 Å². The molecule has 5 nitrogen and oxygen atoms in total. The number of hydrogen-bond donors (Lipinski definition) is 1. The quantitative estimate of drug-likeness (QED) is 0.912. The van der Waals surface area contributed by atoms with Crippen molar-refractivity contribution < 1.29 is 9.53 Å². The molecule has 0 aliphatic carbocycles. The second-order valence-corrected chi connectivity index (χ2v) is 5.58. The van der Waals surface area contributed by atoms with E-state index in [4.69, 9.17) is 4.74 Å². The number of benzene rings is 1. The summed E-state index contributed by atoms with van der Waals surface area (Å²) in [6, 6.07) is 13.7. The van der Waals surface area contributed by atoms with Gasteiger partial charge in [0.05, 0.1) is 25.8 Å². The predicted molar refractivity (Wildman–Crippen MR) is 87.9 cm³/mol. The first-order chi connectivity index (χ1) is 11.3. The molecule has 2 heterocycles. The number of morpholine rings is 1. The number of carbonyl (C=O) groups is 1. The SMILES string of the molecule is O=C(CN1CCOCC1)N[C@@H](c1ccccc1)c1ccncc1. The number of nitrogens with one attached hydrogen (secondary N) is 1. The Morgan fingerprint density at radius 1 is 1.09 bits per heavy atom. The summed E-state index contributed by atoms with van der Waals surface area (Å²) in [6.07, 6.45) is 3.50. The van der Waals surface area contributed by atoms with Crippen LogP contribution in [-0.2, 0) is 9.53 Å². The number of ether oxygens (including phenoxy) is 1. The third-order valence-electron chi connectivity index (χ3n) is 3.95. The normalized spacial score (nSPS) is 16.7. The highest BCUT2D eigenvalue weighted by atomic mass is 16.5. The van der Waals surface area contributed by atoms with Crippen molar-refractivity contribution in [1.29, 1.82) is 0 Å². The number of nitrogens with zero attached hydrogens (tertiary/aromatic N) is 2. The molecule has 1 saturated heterocycles. The average Bonchev–Trinajstić information content (AvgIpc) is 2.62. The van der Waals surface area contributed by atoms with E-state index in [-0.39, 0.29) is 11.9 Å². The molecule has 1 atom stereocenters. The number of pyridine rings is 1. The maximum Gasteiger partial charge on any atom is 0.234 e. The molecule has 5 heteroatoms. The Kier molecular flexibility index (Phi) is 5.34. The monoisotopic (exact) mass is 311 g/mol. The van der Waals surface area contributed by atoms with Crippen LogP contribution in [-0.4, -0.2) is 48.6 Å². The maximum atomic E-state index is 12.5. The first-order valence-electron chi connectivity index (χ1n) is 7.87. The molecule has 120 valence electrons. The number of hydrogen-bond acceptors (Lipinski definition) is 4. The molecule has 0 unspecified atom stereocenters. The van der Waals surface area contributed by atoms with E-state index < -0.39 is 0 Å². The molecule has 1 aromatic carbocycles. The fraction of sp³-hybridized carbons (Fsp3) is 0.333. The number of carbonyl (C=O) groups excluding carboxylic acids is 1. The van der Waals surface area contributed by atoms with E-state index >= 15 is 0 Å². The standard InChI is InChI=1S/C18H21N3O2/c22-17(14-21-10-12-23-13-11-21)20-18(15-4-2-1-3-5-15)16-6-8-19-9-7-16/h1-9,18H,10-14H2,(H,20,22)/t18-/m0/s1. The van der Waals surface area contributed by atoms with E-state index in [1.807, 2.05) is 42.5 Å². The molecule has 1 N–H and O–H groups in total. The summed E-state index contributed by atoms with van der Waals surface area (Å²) in [5, 5.41) is 3.15. The third kappa shape index (κ3) is 4.37. The van der Waals surface area contributed by atoms with Gasteiger partial charge >= 0.3 is 0 Å². The first-order valence-corrected chi connectivity index (χ1v) is 7.87. The molecule has 1 fully saturated rings. The van der Waals surface area contributed by atoms with Crippen LogP contribution < -0.4 is 5.32 Å². The minimum Gasteiger partial charge on any atom is -0.379 e. The van der Waals surface area contributed by atoms with Gasteiger partial charge in [0.2, 0.25) is 5.91 Å². The summed E-state index contributed by atoms with van der Waals surface area (Å²) < 4.78 is 5.32. The van der Waals surface area contributed by atoms with E-state index in [1.165, 1.54) is 0 Å². The fourth-order valence-corrected chi connectivity index (χ4v) is 2.73. The second kappa shape index (κ2) is 7.85. The van der Waals surface area contributed by atoms with Crippen LogP contribution in [0, 0.1) is 0 Å². The molecule has 0 bridgehead atoms.